The standard InChI is InChI=1S/C18H32O6.C17H30O4.C16H26O4.C13H18O5.8CH4/c1-7-18(5,6)16(19)24-13-9-22-14-12(8-21-15(13)14)23-11-20-10-17(2,3)4;1-6-16(3,4)15(19)20-12-14(18)21-17(5,7-2)13-10-8-9-11-13;1-6-14(3,4)13(18)20-15(5)11(2)12(17)19-16(15)9-7-8-10-16;1-4-13(2,3)12(15)18-9-7-5-6-8(16-7)10(9)17-11(6)14;;;;;;;;/h12-15H,7-11H2,1-6H3;13H,6-12H2,1-5H3;11H,6-10H2,1-5H3;6-10H,4-5H2,1-3H3;8*1H4/t12-,13+,14-,15-;;11?,15-;;;;;;;;;/m1.0........./s1. The summed E-state index contributed by atoms with van der Waals surface area (Å²) < 4.78 is 67.2. The highest BCUT2D eigenvalue weighted by atomic mass is 16.7. The third kappa shape index (κ3) is 22.1. The molecular formula is C72H138O19. The molecule has 8 fully saturated rings. The predicted octanol–water partition coefficient (Wildman–Crippen LogP) is 15.8. The van der Waals surface area contributed by atoms with Gasteiger partial charge in [-0.05, 0) is 165 Å². The van der Waals surface area contributed by atoms with Crippen molar-refractivity contribution >= 4 is 41.8 Å². The molecule has 7 unspecified atom stereocenters. The number of carbonyl (C=O) groups is 7. The third-order valence-corrected chi connectivity index (χ3v) is 19.6. The first-order valence-electron chi connectivity index (χ1n) is 31.1. The number of rotatable bonds is 20. The monoisotopic (exact) mass is 1310 g/mol. The fourth-order valence-corrected chi connectivity index (χ4v) is 11.3. The molecule has 0 radical (unpaired) electrons. The lowest BCUT2D eigenvalue weighted by molar-refractivity contribution is -0.192. The molecule has 1 spiro atoms. The molecule has 0 N–H and O–H groups in total. The topological polar surface area (TPSA) is 230 Å². The van der Waals surface area contributed by atoms with Crippen molar-refractivity contribution < 1.29 is 90.4 Å². The van der Waals surface area contributed by atoms with Crippen LogP contribution in [0.1, 0.15) is 281 Å². The van der Waals surface area contributed by atoms with Crippen LogP contribution in [0.2, 0.25) is 0 Å². The average molecular weight is 1310 g/mol. The van der Waals surface area contributed by atoms with Crippen molar-refractivity contribution in [2.45, 2.75) is 346 Å². The van der Waals surface area contributed by atoms with Crippen LogP contribution in [0.25, 0.3) is 0 Å². The van der Waals surface area contributed by atoms with Gasteiger partial charge in [0.15, 0.2) is 36.1 Å². The quantitative estimate of drug-likeness (QED) is 0.0477. The summed E-state index contributed by atoms with van der Waals surface area (Å²) in [5.74, 6) is -2.05. The second kappa shape index (κ2) is 37.4. The van der Waals surface area contributed by atoms with Crippen LogP contribution < -0.4 is 0 Å². The molecule has 19 heteroatoms. The largest absolute Gasteiger partial charge is 0.457 e. The van der Waals surface area contributed by atoms with Crippen molar-refractivity contribution in [1.82, 2.24) is 0 Å². The minimum Gasteiger partial charge on any atom is -0.457 e. The van der Waals surface area contributed by atoms with Gasteiger partial charge >= 0.3 is 41.8 Å². The summed E-state index contributed by atoms with van der Waals surface area (Å²) in [6, 6.07) is 0. The summed E-state index contributed by atoms with van der Waals surface area (Å²) in [6.07, 6.45) is 10.3. The maximum absolute atomic E-state index is 12.5. The van der Waals surface area contributed by atoms with E-state index in [4.69, 9.17) is 56.8 Å². The minimum absolute atomic E-state index is 0. The Balaban J connectivity index is -0.000000541. The van der Waals surface area contributed by atoms with Gasteiger partial charge in [-0.15, -0.1) is 0 Å². The fraction of sp³-hybridized carbons (Fsp3) is 0.903. The average Bonchev–Trinajstić information content (AvgIpc) is 1.59. The highest BCUT2D eigenvalue weighted by Gasteiger charge is 2.67. The summed E-state index contributed by atoms with van der Waals surface area (Å²) >= 11 is 0. The van der Waals surface area contributed by atoms with E-state index in [1.807, 2.05) is 111 Å². The molecule has 2 bridgehead atoms. The smallest absolute Gasteiger partial charge is 0.344 e. The zero-order valence-corrected chi connectivity index (χ0v) is 54.0. The first-order valence-corrected chi connectivity index (χ1v) is 31.1. The molecule has 0 amide bonds. The molecule has 6 aliphatic heterocycles. The summed E-state index contributed by atoms with van der Waals surface area (Å²) in [4.78, 5) is 84.2. The summed E-state index contributed by atoms with van der Waals surface area (Å²) in [5, 5.41) is 0. The van der Waals surface area contributed by atoms with Crippen LogP contribution in [0, 0.1) is 44.8 Å². The van der Waals surface area contributed by atoms with E-state index in [1.54, 1.807) is 0 Å². The van der Waals surface area contributed by atoms with Gasteiger partial charge in [0.2, 0.25) is 0 Å². The van der Waals surface area contributed by atoms with E-state index in [1.165, 1.54) is 12.8 Å². The fourth-order valence-electron chi connectivity index (χ4n) is 11.3. The van der Waals surface area contributed by atoms with Crippen molar-refractivity contribution in [2.24, 2.45) is 44.8 Å². The number of fused-ring (bicyclic) bond motifs is 2. The normalized spacial score (nSPS) is 27.7. The summed E-state index contributed by atoms with van der Waals surface area (Å²) in [6.45, 7) is 38.1. The predicted molar refractivity (Wildman–Crippen MR) is 360 cm³/mol. The second-order valence-electron chi connectivity index (χ2n) is 28.5. The van der Waals surface area contributed by atoms with E-state index < -0.39 is 62.6 Å². The molecule has 6 saturated heterocycles. The van der Waals surface area contributed by atoms with E-state index in [9.17, 15) is 33.6 Å². The molecule has 0 aromatic rings. The van der Waals surface area contributed by atoms with Crippen LogP contribution in [0.5, 0.6) is 0 Å². The molecule has 0 aromatic heterocycles. The van der Waals surface area contributed by atoms with Gasteiger partial charge in [-0.1, -0.05) is 128 Å². The Bertz CT molecular complexity index is 2240. The molecule has 540 valence electrons. The van der Waals surface area contributed by atoms with Gasteiger partial charge in [-0.25, -0.2) is 4.79 Å². The van der Waals surface area contributed by atoms with Gasteiger partial charge in [0, 0.05) is 0 Å². The van der Waals surface area contributed by atoms with E-state index in [0.717, 1.165) is 51.4 Å². The van der Waals surface area contributed by atoms with E-state index in [0.29, 0.717) is 51.4 Å². The van der Waals surface area contributed by atoms with E-state index in [-0.39, 0.29) is 157 Å². The molecule has 8 aliphatic rings. The highest BCUT2D eigenvalue weighted by Crippen LogP contribution is 2.53. The van der Waals surface area contributed by atoms with Gasteiger partial charge < -0.3 is 56.8 Å². The number of hydrogen-bond acceptors (Lipinski definition) is 19. The lowest BCUT2D eigenvalue weighted by Crippen LogP contribution is -2.54. The van der Waals surface area contributed by atoms with Crippen LogP contribution in [0.3, 0.4) is 0 Å². The van der Waals surface area contributed by atoms with Crippen molar-refractivity contribution in [3.63, 3.8) is 0 Å². The highest BCUT2D eigenvalue weighted by molar-refractivity contribution is 5.82. The molecule has 12 atom stereocenters. The van der Waals surface area contributed by atoms with Gasteiger partial charge in [0.1, 0.15) is 36.8 Å². The van der Waals surface area contributed by atoms with Crippen LogP contribution in [0.15, 0.2) is 0 Å². The van der Waals surface area contributed by atoms with Crippen molar-refractivity contribution in [1.29, 1.82) is 0 Å². The summed E-state index contributed by atoms with van der Waals surface area (Å²) in [7, 11) is 0. The molecule has 0 aromatic carbocycles. The van der Waals surface area contributed by atoms with Crippen molar-refractivity contribution in [3.05, 3.63) is 0 Å². The van der Waals surface area contributed by atoms with Crippen LogP contribution in [0.4, 0.5) is 0 Å². The first kappa shape index (κ1) is 93.5. The van der Waals surface area contributed by atoms with Gasteiger partial charge in [-0.3, -0.25) is 28.8 Å². The Morgan fingerprint density at radius 2 is 1.04 bits per heavy atom. The molecule has 2 aliphatic carbocycles. The maximum Gasteiger partial charge on any atom is 0.344 e. The number of hydrogen-bond donors (Lipinski definition) is 0. The molecule has 6 heterocycles. The zero-order chi connectivity index (χ0) is 62.3. The Hall–Kier alpha value is -3.91. The summed E-state index contributed by atoms with van der Waals surface area (Å²) in [5.41, 5.74) is -3.87. The SMILES string of the molecule is C.C.C.C.C.C.C.C.CCC(C)(C)C(=O)OC1C2CC3C(=O)OC1C3O2.CCC(C)(C)C(=O)OCC(=O)OC(C)(CC)C1CCCC1.CCC(C)(C)C(=O)O[C@@]1(C)C(C)C(=O)OC12CCCC2.CCC(C)(C)C(=O)O[C@H]1CO[C@H]2[C@@H]1OC[C@H]2OCOCC(C)(C)C. The van der Waals surface area contributed by atoms with E-state index in [2.05, 4.69) is 20.8 Å². The lowest BCUT2D eigenvalue weighted by Gasteiger charge is -2.41. The Labute approximate surface area is 554 Å². The maximum atomic E-state index is 12.5. The Morgan fingerprint density at radius 3 is 1.54 bits per heavy atom. The van der Waals surface area contributed by atoms with Gasteiger partial charge in [0.25, 0.3) is 0 Å². The Kier molecular flexibility index (Phi) is 38.4. The van der Waals surface area contributed by atoms with Crippen molar-refractivity contribution in [2.75, 3.05) is 33.2 Å². The van der Waals surface area contributed by atoms with Crippen molar-refractivity contribution in [3.8, 4) is 0 Å². The number of carbonyl (C=O) groups excluding carboxylic acids is 7. The molecule has 8 rings (SSSR count). The number of ether oxygens (including phenoxy) is 12. The van der Waals surface area contributed by atoms with Crippen LogP contribution in [-0.2, 0) is 90.4 Å². The molecule has 91 heavy (non-hydrogen) atoms. The third-order valence-electron chi connectivity index (χ3n) is 19.6. The number of esters is 7. The first-order chi connectivity index (χ1) is 38.5. The Morgan fingerprint density at radius 1 is 0.571 bits per heavy atom. The van der Waals surface area contributed by atoms with Crippen LogP contribution in [-0.4, -0.2) is 141 Å². The van der Waals surface area contributed by atoms with Gasteiger partial charge in [0.05, 0.1) is 59.4 Å². The van der Waals surface area contributed by atoms with Crippen LogP contribution >= 0.6 is 0 Å². The minimum atomic E-state index is -0.843. The second-order valence-corrected chi connectivity index (χ2v) is 28.5. The molecular weight excluding hydrogens is 1170 g/mol. The molecule has 19 nitrogen and oxygen atoms in total. The van der Waals surface area contributed by atoms with E-state index >= 15 is 0 Å². The zero-order valence-electron chi connectivity index (χ0n) is 54.0. The molecule has 2 saturated carbocycles. The lowest BCUT2D eigenvalue weighted by atomic mass is 9.76. The van der Waals surface area contributed by atoms with Gasteiger partial charge in [-0.2, -0.15) is 0 Å².